The number of aryl methyl sites for hydroxylation is 1. The van der Waals surface area contributed by atoms with Gasteiger partial charge in [0.15, 0.2) is 6.61 Å². The number of rotatable bonds is 6. The van der Waals surface area contributed by atoms with Crippen LogP contribution >= 0.6 is 0 Å². The van der Waals surface area contributed by atoms with E-state index in [1.165, 1.54) is 0 Å². The van der Waals surface area contributed by atoms with Crippen LogP contribution in [0, 0.1) is 13.8 Å². The van der Waals surface area contributed by atoms with E-state index < -0.39 is 0 Å². The van der Waals surface area contributed by atoms with Crippen molar-refractivity contribution in [3.63, 3.8) is 0 Å². The zero-order valence-corrected chi connectivity index (χ0v) is 16.9. The number of oxazole rings is 1. The van der Waals surface area contributed by atoms with Gasteiger partial charge in [0.05, 0.1) is 0 Å². The molecule has 30 heavy (non-hydrogen) atoms. The number of benzene rings is 3. The third-order valence-electron chi connectivity index (χ3n) is 4.90. The summed E-state index contributed by atoms with van der Waals surface area (Å²) in [7, 11) is 0. The Labute approximate surface area is 175 Å². The lowest BCUT2D eigenvalue weighted by Crippen LogP contribution is -2.20. The molecule has 0 aliphatic heterocycles. The van der Waals surface area contributed by atoms with Crippen molar-refractivity contribution in [3.8, 4) is 28.5 Å². The zero-order chi connectivity index (χ0) is 20.9. The number of carbonyl (C=O) groups excluding carboxylic acids is 1. The Morgan fingerprint density at radius 3 is 2.47 bits per heavy atom. The van der Waals surface area contributed by atoms with Gasteiger partial charge in [-0.3, -0.25) is 4.79 Å². The maximum absolute atomic E-state index is 12.2. The summed E-state index contributed by atoms with van der Waals surface area (Å²) >= 11 is 0. The molecule has 4 rings (SSSR count). The topological polar surface area (TPSA) is 64.4 Å². The van der Waals surface area contributed by atoms with E-state index in [-0.39, 0.29) is 12.5 Å². The van der Waals surface area contributed by atoms with Gasteiger partial charge in [-0.05, 0) is 55.3 Å². The second-order valence-electron chi connectivity index (χ2n) is 7.02. The Morgan fingerprint density at radius 1 is 0.933 bits per heavy atom. The highest BCUT2D eigenvalue weighted by Crippen LogP contribution is 2.25. The Hall–Kier alpha value is -3.86. The van der Waals surface area contributed by atoms with Crippen molar-refractivity contribution >= 4 is 11.6 Å². The predicted octanol–water partition coefficient (Wildman–Crippen LogP) is 5.64. The molecule has 5 heteroatoms. The number of aromatic nitrogens is 1. The monoisotopic (exact) mass is 398 g/mol. The van der Waals surface area contributed by atoms with Crippen LogP contribution in [0.3, 0.4) is 0 Å². The van der Waals surface area contributed by atoms with Gasteiger partial charge in [0.25, 0.3) is 5.91 Å². The van der Waals surface area contributed by atoms with Crippen molar-refractivity contribution in [3.05, 3.63) is 90.2 Å². The molecule has 1 aromatic heterocycles. The molecule has 0 spiro atoms. The van der Waals surface area contributed by atoms with Crippen LogP contribution in [-0.2, 0) is 4.79 Å². The van der Waals surface area contributed by atoms with Gasteiger partial charge in [0.1, 0.15) is 17.7 Å². The molecule has 1 amide bonds. The summed E-state index contributed by atoms with van der Waals surface area (Å²) in [5.74, 6) is 1.04. The van der Waals surface area contributed by atoms with Crippen molar-refractivity contribution in [1.29, 1.82) is 0 Å². The van der Waals surface area contributed by atoms with Gasteiger partial charge < -0.3 is 14.5 Å². The summed E-state index contributed by atoms with van der Waals surface area (Å²) < 4.78 is 11.3. The third-order valence-corrected chi connectivity index (χ3v) is 4.90. The number of anilines is 1. The molecular weight excluding hydrogens is 376 g/mol. The highest BCUT2D eigenvalue weighted by Gasteiger charge is 2.10. The van der Waals surface area contributed by atoms with E-state index in [4.69, 9.17) is 9.15 Å². The van der Waals surface area contributed by atoms with Crippen LogP contribution < -0.4 is 10.1 Å². The molecule has 1 N–H and O–H groups in total. The fourth-order valence-electron chi connectivity index (χ4n) is 3.06. The number of hydrogen-bond donors (Lipinski definition) is 1. The first-order valence-corrected chi connectivity index (χ1v) is 9.70. The fourth-order valence-corrected chi connectivity index (χ4v) is 3.06. The SMILES string of the molecule is Cc1cccc(OCC(=O)Nc2ccc(-c3nc(-c4ccccc4)co3)cc2)c1C. The number of hydrogen-bond acceptors (Lipinski definition) is 4. The number of ether oxygens (including phenoxy) is 1. The van der Waals surface area contributed by atoms with Gasteiger partial charge in [0, 0.05) is 16.8 Å². The van der Waals surface area contributed by atoms with Gasteiger partial charge >= 0.3 is 0 Å². The molecule has 0 aliphatic rings. The maximum Gasteiger partial charge on any atom is 0.262 e. The van der Waals surface area contributed by atoms with E-state index in [1.54, 1.807) is 6.26 Å². The van der Waals surface area contributed by atoms with Crippen LogP contribution in [0.4, 0.5) is 5.69 Å². The normalized spacial score (nSPS) is 10.6. The Morgan fingerprint density at radius 2 is 1.70 bits per heavy atom. The van der Waals surface area contributed by atoms with Crippen molar-refractivity contribution in [1.82, 2.24) is 4.98 Å². The number of nitrogens with one attached hydrogen (secondary N) is 1. The Kier molecular flexibility index (Phi) is 5.61. The van der Waals surface area contributed by atoms with Crippen molar-refractivity contribution in [2.75, 3.05) is 11.9 Å². The van der Waals surface area contributed by atoms with Crippen LogP contribution in [0.5, 0.6) is 5.75 Å². The van der Waals surface area contributed by atoms with E-state index in [2.05, 4.69) is 10.3 Å². The first-order chi connectivity index (χ1) is 14.6. The quantitative estimate of drug-likeness (QED) is 0.456. The molecule has 3 aromatic carbocycles. The first kappa shape index (κ1) is 19.5. The third kappa shape index (κ3) is 4.41. The summed E-state index contributed by atoms with van der Waals surface area (Å²) in [4.78, 5) is 16.8. The van der Waals surface area contributed by atoms with E-state index in [0.717, 1.165) is 33.7 Å². The van der Waals surface area contributed by atoms with Crippen LogP contribution in [0.2, 0.25) is 0 Å². The summed E-state index contributed by atoms with van der Waals surface area (Å²) in [6.07, 6.45) is 1.64. The molecule has 1 heterocycles. The van der Waals surface area contributed by atoms with Crippen molar-refractivity contribution < 1.29 is 13.9 Å². The molecule has 4 aromatic rings. The highest BCUT2D eigenvalue weighted by molar-refractivity contribution is 5.92. The molecule has 150 valence electrons. The highest BCUT2D eigenvalue weighted by atomic mass is 16.5. The lowest BCUT2D eigenvalue weighted by molar-refractivity contribution is -0.118. The lowest BCUT2D eigenvalue weighted by Gasteiger charge is -2.11. The second kappa shape index (κ2) is 8.66. The second-order valence-corrected chi connectivity index (χ2v) is 7.02. The maximum atomic E-state index is 12.2. The number of nitrogens with zero attached hydrogens (tertiary/aromatic N) is 1. The van der Waals surface area contributed by atoms with Gasteiger partial charge in [-0.15, -0.1) is 0 Å². The molecule has 5 nitrogen and oxygen atoms in total. The largest absolute Gasteiger partial charge is 0.483 e. The van der Waals surface area contributed by atoms with E-state index in [0.29, 0.717) is 11.6 Å². The van der Waals surface area contributed by atoms with Gasteiger partial charge in [-0.1, -0.05) is 42.5 Å². The molecule has 0 radical (unpaired) electrons. The average Bonchev–Trinajstić information content (AvgIpc) is 3.26. The van der Waals surface area contributed by atoms with Crippen LogP contribution in [0.1, 0.15) is 11.1 Å². The molecule has 0 aliphatic carbocycles. The summed E-state index contributed by atoms with van der Waals surface area (Å²) in [6, 6.07) is 23.0. The minimum atomic E-state index is -0.217. The molecule has 0 saturated carbocycles. The molecule has 0 atom stereocenters. The number of carbonyl (C=O) groups is 1. The molecule has 0 saturated heterocycles. The van der Waals surface area contributed by atoms with Crippen molar-refractivity contribution in [2.45, 2.75) is 13.8 Å². The lowest BCUT2D eigenvalue weighted by atomic mass is 10.1. The summed E-state index contributed by atoms with van der Waals surface area (Å²) in [5, 5.41) is 2.84. The molecule has 0 unspecified atom stereocenters. The van der Waals surface area contributed by atoms with Gasteiger partial charge in [0.2, 0.25) is 5.89 Å². The van der Waals surface area contributed by atoms with Crippen molar-refractivity contribution in [2.24, 2.45) is 0 Å². The van der Waals surface area contributed by atoms with E-state index in [1.807, 2.05) is 86.6 Å². The fraction of sp³-hybridized carbons (Fsp3) is 0.120. The number of amides is 1. The van der Waals surface area contributed by atoms with Gasteiger partial charge in [-0.25, -0.2) is 4.98 Å². The minimum absolute atomic E-state index is 0.0494. The average molecular weight is 398 g/mol. The van der Waals surface area contributed by atoms with Crippen LogP contribution in [0.15, 0.2) is 83.5 Å². The first-order valence-electron chi connectivity index (χ1n) is 9.70. The summed E-state index contributed by atoms with van der Waals surface area (Å²) in [6.45, 7) is 3.94. The van der Waals surface area contributed by atoms with E-state index in [9.17, 15) is 4.79 Å². The Bertz CT molecular complexity index is 1150. The minimum Gasteiger partial charge on any atom is -0.483 e. The Balaban J connectivity index is 1.37. The molecule has 0 bridgehead atoms. The van der Waals surface area contributed by atoms with Gasteiger partial charge in [-0.2, -0.15) is 0 Å². The molecular formula is C25H22N2O3. The standard InChI is InChI=1S/C25H22N2O3/c1-17-7-6-10-23(18(17)2)29-16-24(28)26-21-13-11-20(12-14-21)25-27-22(15-30-25)19-8-4-3-5-9-19/h3-15H,16H2,1-2H3,(H,26,28). The zero-order valence-electron chi connectivity index (χ0n) is 16.9. The van der Waals surface area contributed by atoms with Crippen LogP contribution in [0.25, 0.3) is 22.7 Å². The van der Waals surface area contributed by atoms with E-state index >= 15 is 0 Å². The van der Waals surface area contributed by atoms with Crippen LogP contribution in [-0.4, -0.2) is 17.5 Å². The molecule has 0 fully saturated rings. The predicted molar refractivity (Wildman–Crippen MR) is 117 cm³/mol. The smallest absolute Gasteiger partial charge is 0.262 e. The summed E-state index contributed by atoms with van der Waals surface area (Å²) in [5.41, 5.74) is 5.47.